The summed E-state index contributed by atoms with van der Waals surface area (Å²) in [4.78, 5) is 8.64. The molecule has 2 atom stereocenters. The summed E-state index contributed by atoms with van der Waals surface area (Å²) in [7, 11) is 0. The lowest BCUT2D eigenvalue weighted by atomic mass is 9.85. The lowest BCUT2D eigenvalue weighted by Gasteiger charge is -2.30. The molecule has 0 aromatic carbocycles. The van der Waals surface area contributed by atoms with Crippen molar-refractivity contribution < 1.29 is 0 Å². The minimum Gasteiger partial charge on any atom is -0.388 e. The fourth-order valence-electron chi connectivity index (χ4n) is 2.05. The molecular formula is C13H14N6. The van der Waals surface area contributed by atoms with Crippen LogP contribution >= 0.6 is 0 Å². The van der Waals surface area contributed by atoms with Crippen molar-refractivity contribution in [3.63, 3.8) is 0 Å². The largest absolute Gasteiger partial charge is 0.388 e. The Kier molecular flexibility index (Phi) is 3.40. The minimum atomic E-state index is -0.806. The van der Waals surface area contributed by atoms with Gasteiger partial charge in [-0.25, -0.2) is 0 Å². The van der Waals surface area contributed by atoms with Gasteiger partial charge in [-0.15, -0.1) is 0 Å². The maximum absolute atomic E-state index is 8.78. The van der Waals surface area contributed by atoms with Crippen molar-refractivity contribution in [2.45, 2.75) is 18.0 Å². The number of rotatable bonds is 4. The predicted molar refractivity (Wildman–Crippen MR) is 72.8 cm³/mol. The van der Waals surface area contributed by atoms with Crippen LogP contribution in [0, 0.1) is 16.7 Å². The fourth-order valence-corrected chi connectivity index (χ4v) is 2.05. The number of hydrogen-bond donors (Lipinski definition) is 3. The van der Waals surface area contributed by atoms with Crippen LogP contribution in [0.4, 0.5) is 0 Å². The van der Waals surface area contributed by atoms with E-state index in [2.05, 4.69) is 9.98 Å². The highest BCUT2D eigenvalue weighted by Gasteiger charge is 2.38. The van der Waals surface area contributed by atoms with E-state index in [0.717, 1.165) is 0 Å². The molecule has 19 heavy (non-hydrogen) atoms. The van der Waals surface area contributed by atoms with Crippen LogP contribution in [-0.4, -0.2) is 23.1 Å². The smallest absolute Gasteiger partial charge is 0.136 e. The van der Waals surface area contributed by atoms with Crippen LogP contribution in [0.2, 0.25) is 0 Å². The number of hydrogen-bond acceptors (Lipinski definition) is 5. The molecule has 0 saturated carbocycles. The van der Waals surface area contributed by atoms with E-state index >= 15 is 0 Å². The zero-order valence-corrected chi connectivity index (χ0v) is 10.2. The minimum absolute atomic E-state index is 0.0102. The second-order valence-electron chi connectivity index (χ2n) is 4.34. The van der Waals surface area contributed by atoms with Gasteiger partial charge in [0.2, 0.25) is 0 Å². The number of allylic oxidation sites excluding steroid dienone is 1. The molecule has 1 aliphatic rings. The molecule has 0 bridgehead atoms. The summed E-state index contributed by atoms with van der Waals surface area (Å²) in [5.74, 6) is 0.0102. The van der Waals surface area contributed by atoms with Crippen molar-refractivity contribution in [3.8, 4) is 6.07 Å². The molecule has 0 saturated heterocycles. The Bertz CT molecular complexity index is 566. The Morgan fingerprint density at radius 3 is 2.79 bits per heavy atom. The van der Waals surface area contributed by atoms with Crippen LogP contribution < -0.4 is 11.5 Å². The molecule has 1 aromatic rings. The van der Waals surface area contributed by atoms with E-state index in [-0.39, 0.29) is 12.3 Å². The number of pyridine rings is 1. The number of aliphatic imine (C=N–C) groups is 1. The fraction of sp³-hybridized carbons (Fsp3) is 0.231. The maximum atomic E-state index is 8.78. The number of nitrogens with zero attached hydrogens (tertiary/aromatic N) is 3. The highest BCUT2D eigenvalue weighted by atomic mass is 15.0. The van der Waals surface area contributed by atoms with Crippen LogP contribution in [0.3, 0.4) is 0 Å². The SMILES string of the molecule is N#Cc1ccc(C2(C(N)CC(=N)N)C=CC=N2)nc1. The van der Waals surface area contributed by atoms with Crippen molar-refractivity contribution in [2.75, 3.05) is 0 Å². The van der Waals surface area contributed by atoms with Gasteiger partial charge < -0.3 is 11.5 Å². The average molecular weight is 254 g/mol. The molecule has 0 aliphatic carbocycles. The third-order valence-electron chi connectivity index (χ3n) is 3.03. The summed E-state index contributed by atoms with van der Waals surface area (Å²) in [5.41, 5.74) is 11.8. The molecule has 0 radical (unpaired) electrons. The molecule has 0 amide bonds. The van der Waals surface area contributed by atoms with Crippen LogP contribution in [0.25, 0.3) is 0 Å². The van der Waals surface area contributed by atoms with Gasteiger partial charge in [-0.1, -0.05) is 0 Å². The second-order valence-corrected chi connectivity index (χ2v) is 4.34. The Morgan fingerprint density at radius 2 is 2.32 bits per heavy atom. The molecule has 6 nitrogen and oxygen atoms in total. The zero-order valence-electron chi connectivity index (χ0n) is 10.2. The van der Waals surface area contributed by atoms with Crippen LogP contribution in [0.5, 0.6) is 0 Å². The van der Waals surface area contributed by atoms with Gasteiger partial charge >= 0.3 is 0 Å². The third kappa shape index (κ3) is 2.37. The van der Waals surface area contributed by atoms with Crippen LogP contribution in [-0.2, 0) is 5.54 Å². The third-order valence-corrected chi connectivity index (χ3v) is 3.03. The normalized spacial score (nSPS) is 22.1. The van der Waals surface area contributed by atoms with E-state index in [0.29, 0.717) is 11.3 Å². The number of amidine groups is 1. The number of nitrogens with one attached hydrogen (secondary N) is 1. The van der Waals surface area contributed by atoms with Gasteiger partial charge in [-0.05, 0) is 24.3 Å². The number of nitrogens with two attached hydrogens (primary N) is 2. The van der Waals surface area contributed by atoms with E-state index in [1.165, 1.54) is 6.20 Å². The average Bonchev–Trinajstić information content (AvgIpc) is 2.89. The molecule has 0 spiro atoms. The van der Waals surface area contributed by atoms with Gasteiger partial charge in [-0.2, -0.15) is 5.26 Å². The highest BCUT2D eigenvalue weighted by molar-refractivity contribution is 5.79. The predicted octanol–water partition coefficient (Wildman–Crippen LogP) is 0.443. The van der Waals surface area contributed by atoms with Crippen LogP contribution in [0.15, 0.2) is 35.5 Å². The Balaban J connectivity index is 2.39. The lowest BCUT2D eigenvalue weighted by Crippen LogP contribution is -2.44. The Hall–Kier alpha value is -2.52. The van der Waals surface area contributed by atoms with Crippen molar-refractivity contribution in [3.05, 3.63) is 41.7 Å². The summed E-state index contributed by atoms with van der Waals surface area (Å²) in [6.07, 6.45) is 7.00. The van der Waals surface area contributed by atoms with Gasteiger partial charge in [0.1, 0.15) is 11.6 Å². The van der Waals surface area contributed by atoms with Gasteiger partial charge in [0.05, 0.1) is 17.1 Å². The topological polar surface area (TPSA) is 125 Å². The monoisotopic (exact) mass is 254 g/mol. The van der Waals surface area contributed by atoms with Crippen LogP contribution in [0.1, 0.15) is 17.7 Å². The quantitative estimate of drug-likeness (QED) is 0.532. The van der Waals surface area contributed by atoms with E-state index in [4.69, 9.17) is 22.1 Å². The first-order valence-electron chi connectivity index (χ1n) is 5.76. The summed E-state index contributed by atoms with van der Waals surface area (Å²) in [6.45, 7) is 0. The Morgan fingerprint density at radius 1 is 1.53 bits per heavy atom. The molecule has 2 heterocycles. The molecule has 2 unspecified atom stereocenters. The van der Waals surface area contributed by atoms with Crippen molar-refractivity contribution in [1.82, 2.24) is 4.98 Å². The lowest BCUT2D eigenvalue weighted by molar-refractivity contribution is 0.442. The molecule has 0 fully saturated rings. The zero-order chi connectivity index (χ0) is 13.9. The summed E-state index contributed by atoms with van der Waals surface area (Å²) in [6, 6.07) is 4.94. The molecule has 1 aromatic heterocycles. The van der Waals surface area contributed by atoms with E-state index in [1.807, 2.05) is 12.1 Å². The molecule has 5 N–H and O–H groups in total. The second kappa shape index (κ2) is 5.00. The molecule has 96 valence electrons. The number of nitriles is 1. The first kappa shape index (κ1) is 12.9. The summed E-state index contributed by atoms with van der Waals surface area (Å²) in [5, 5.41) is 16.1. The Labute approximate surface area is 111 Å². The molecular weight excluding hydrogens is 240 g/mol. The molecule has 6 heteroatoms. The first-order valence-corrected chi connectivity index (χ1v) is 5.76. The van der Waals surface area contributed by atoms with Gasteiger partial charge in [0.15, 0.2) is 0 Å². The van der Waals surface area contributed by atoms with Crippen molar-refractivity contribution in [1.29, 1.82) is 10.7 Å². The molecule has 2 rings (SSSR count). The summed E-state index contributed by atoms with van der Waals surface area (Å²) < 4.78 is 0. The van der Waals surface area contributed by atoms with Crippen molar-refractivity contribution >= 4 is 12.1 Å². The van der Waals surface area contributed by atoms with Gasteiger partial charge in [-0.3, -0.25) is 15.4 Å². The van der Waals surface area contributed by atoms with E-state index in [9.17, 15) is 0 Å². The highest BCUT2D eigenvalue weighted by Crippen LogP contribution is 2.33. The first-order chi connectivity index (χ1) is 9.08. The van der Waals surface area contributed by atoms with E-state index < -0.39 is 11.6 Å². The maximum Gasteiger partial charge on any atom is 0.136 e. The van der Waals surface area contributed by atoms with Gasteiger partial charge in [0.25, 0.3) is 0 Å². The van der Waals surface area contributed by atoms with Crippen molar-refractivity contribution in [2.24, 2.45) is 16.5 Å². The van der Waals surface area contributed by atoms with E-state index in [1.54, 1.807) is 24.4 Å². The standard InChI is InChI=1S/C13H14N6/c14-7-9-2-3-11(18-8-9)13(4-1-5-19-13)10(15)6-12(16)17/h1-5,8,10H,6,15H2,(H3,16,17). The molecule has 1 aliphatic heterocycles. The van der Waals surface area contributed by atoms with Gasteiger partial charge in [0, 0.05) is 24.9 Å². The number of aromatic nitrogens is 1. The summed E-state index contributed by atoms with van der Waals surface area (Å²) >= 11 is 0.